The topological polar surface area (TPSA) is 87.2 Å². The van der Waals surface area contributed by atoms with Gasteiger partial charge in [-0.05, 0) is 18.2 Å². The van der Waals surface area contributed by atoms with Crippen molar-refractivity contribution >= 4 is 11.7 Å². The number of piperidine rings is 1. The van der Waals surface area contributed by atoms with Crippen molar-refractivity contribution < 1.29 is 18.3 Å². The van der Waals surface area contributed by atoms with Gasteiger partial charge in [0.25, 0.3) is 0 Å². The van der Waals surface area contributed by atoms with E-state index < -0.39 is 11.6 Å². The minimum absolute atomic E-state index is 0.0612. The van der Waals surface area contributed by atoms with Crippen LogP contribution in [0.4, 0.5) is 14.6 Å². The summed E-state index contributed by atoms with van der Waals surface area (Å²) in [5.41, 5.74) is 3.15. The Morgan fingerprint density at radius 3 is 2.71 bits per heavy atom. The van der Waals surface area contributed by atoms with Gasteiger partial charge in [-0.15, -0.1) is 0 Å². The number of amides is 1. The molecule has 5 rings (SSSR count). The van der Waals surface area contributed by atoms with Crippen molar-refractivity contribution in [3.05, 3.63) is 66.3 Å². The van der Waals surface area contributed by atoms with E-state index in [4.69, 9.17) is 14.7 Å². The Hall–Kier alpha value is -3.82. The summed E-state index contributed by atoms with van der Waals surface area (Å²) in [5, 5.41) is 6.88. The molecule has 1 amide bonds. The number of rotatable bonds is 5. The smallest absolute Gasteiger partial charge is 0.246 e. The van der Waals surface area contributed by atoms with Gasteiger partial charge in [0, 0.05) is 56.7 Å². The van der Waals surface area contributed by atoms with Crippen LogP contribution in [0.1, 0.15) is 24.2 Å². The van der Waals surface area contributed by atoms with Crippen LogP contribution in [0.15, 0.2) is 43.2 Å². The van der Waals surface area contributed by atoms with Crippen molar-refractivity contribution in [3.8, 4) is 17.0 Å². The average Bonchev–Trinajstić information content (AvgIpc) is 3.39. The van der Waals surface area contributed by atoms with Crippen LogP contribution < -0.4 is 9.64 Å². The van der Waals surface area contributed by atoms with Crippen molar-refractivity contribution in [2.45, 2.75) is 31.9 Å². The molecule has 2 aromatic heterocycles. The number of hydrogen-bond donors (Lipinski definition) is 1. The Balaban J connectivity index is 1.36. The van der Waals surface area contributed by atoms with Gasteiger partial charge in [0.1, 0.15) is 17.6 Å². The van der Waals surface area contributed by atoms with Gasteiger partial charge >= 0.3 is 0 Å². The first-order valence-electron chi connectivity index (χ1n) is 11.2. The highest BCUT2D eigenvalue weighted by Gasteiger charge is 2.29. The summed E-state index contributed by atoms with van der Waals surface area (Å²) in [4.78, 5) is 25.8. The van der Waals surface area contributed by atoms with Crippen LogP contribution in [0.25, 0.3) is 11.3 Å². The van der Waals surface area contributed by atoms with Gasteiger partial charge < -0.3 is 14.5 Å². The van der Waals surface area contributed by atoms with Gasteiger partial charge in [-0.2, -0.15) is 5.10 Å². The van der Waals surface area contributed by atoms with Gasteiger partial charge in [0.05, 0.1) is 24.1 Å². The SMILES string of the molecule is C=CC(=O)N1CCc2nc(N3CCC(Oc4ccc(F)cc4F)CC3)c(-c3cn[nH]c3)nc2C1. The lowest BCUT2D eigenvalue weighted by atomic mass is 10.1. The summed E-state index contributed by atoms with van der Waals surface area (Å²) in [6, 6.07) is 3.34. The minimum atomic E-state index is -0.700. The number of ether oxygens (including phenoxy) is 1. The zero-order valence-electron chi connectivity index (χ0n) is 18.5. The fraction of sp³-hybridized carbons (Fsp3) is 0.333. The summed E-state index contributed by atoms with van der Waals surface area (Å²) in [6.45, 7) is 5.82. The summed E-state index contributed by atoms with van der Waals surface area (Å²) >= 11 is 0. The number of carbonyl (C=O) groups is 1. The number of aromatic nitrogens is 4. The number of halogens is 2. The Bertz CT molecular complexity index is 1210. The molecule has 1 N–H and O–H groups in total. The van der Waals surface area contributed by atoms with Gasteiger partial charge in [0.15, 0.2) is 17.4 Å². The van der Waals surface area contributed by atoms with Crippen LogP contribution in [0.3, 0.4) is 0 Å². The van der Waals surface area contributed by atoms with E-state index in [0.717, 1.165) is 28.8 Å². The molecule has 34 heavy (non-hydrogen) atoms. The molecule has 4 heterocycles. The van der Waals surface area contributed by atoms with E-state index in [1.54, 1.807) is 17.3 Å². The van der Waals surface area contributed by atoms with E-state index in [0.29, 0.717) is 51.1 Å². The monoisotopic (exact) mass is 466 g/mol. The van der Waals surface area contributed by atoms with Crippen LogP contribution in [-0.2, 0) is 17.8 Å². The first-order valence-corrected chi connectivity index (χ1v) is 11.2. The molecular weight excluding hydrogens is 442 g/mol. The zero-order chi connectivity index (χ0) is 23.7. The van der Waals surface area contributed by atoms with Crippen LogP contribution in [-0.4, -0.2) is 56.7 Å². The number of benzene rings is 1. The Morgan fingerprint density at radius 2 is 2.00 bits per heavy atom. The fourth-order valence-corrected chi connectivity index (χ4v) is 4.37. The standard InChI is InChI=1S/C24H24F2N6O2/c1-2-22(33)32-10-7-19-20(14-32)29-23(15-12-27-28-13-15)24(30-19)31-8-5-17(6-9-31)34-21-4-3-16(25)11-18(21)26/h2-4,11-13,17H,1,5-10,14H2,(H,27,28). The second kappa shape index (κ2) is 9.20. The average molecular weight is 466 g/mol. The highest BCUT2D eigenvalue weighted by Crippen LogP contribution is 2.32. The lowest BCUT2D eigenvalue weighted by molar-refractivity contribution is -0.126. The van der Waals surface area contributed by atoms with Crippen LogP contribution in [0, 0.1) is 11.6 Å². The van der Waals surface area contributed by atoms with E-state index in [1.165, 1.54) is 18.2 Å². The maximum Gasteiger partial charge on any atom is 0.246 e. The maximum atomic E-state index is 14.0. The van der Waals surface area contributed by atoms with E-state index in [9.17, 15) is 13.6 Å². The third-order valence-corrected chi connectivity index (χ3v) is 6.18. The second-order valence-electron chi connectivity index (χ2n) is 8.37. The number of hydrogen-bond acceptors (Lipinski definition) is 6. The third-order valence-electron chi connectivity index (χ3n) is 6.18. The summed E-state index contributed by atoms with van der Waals surface area (Å²) < 4.78 is 33.0. The highest BCUT2D eigenvalue weighted by atomic mass is 19.1. The van der Waals surface area contributed by atoms with Crippen molar-refractivity contribution in [3.63, 3.8) is 0 Å². The molecule has 176 valence electrons. The molecule has 0 saturated carbocycles. The van der Waals surface area contributed by atoms with E-state index in [-0.39, 0.29) is 17.8 Å². The van der Waals surface area contributed by atoms with Crippen molar-refractivity contribution in [2.75, 3.05) is 24.5 Å². The molecule has 2 aliphatic heterocycles. The molecule has 1 aromatic carbocycles. The Kier molecular flexibility index (Phi) is 5.95. The van der Waals surface area contributed by atoms with Gasteiger partial charge in [-0.25, -0.2) is 18.7 Å². The molecule has 1 fully saturated rings. The quantitative estimate of drug-likeness (QED) is 0.581. The highest BCUT2D eigenvalue weighted by molar-refractivity contribution is 5.87. The van der Waals surface area contributed by atoms with Crippen molar-refractivity contribution in [1.82, 2.24) is 25.1 Å². The summed E-state index contributed by atoms with van der Waals surface area (Å²) in [5.74, 6) is -0.633. The fourth-order valence-electron chi connectivity index (χ4n) is 4.37. The molecule has 0 atom stereocenters. The summed E-state index contributed by atoms with van der Waals surface area (Å²) in [7, 11) is 0. The number of fused-ring (bicyclic) bond motifs is 1. The number of nitrogens with one attached hydrogen (secondary N) is 1. The minimum Gasteiger partial charge on any atom is -0.487 e. The van der Waals surface area contributed by atoms with E-state index in [1.807, 2.05) is 0 Å². The largest absolute Gasteiger partial charge is 0.487 e. The van der Waals surface area contributed by atoms with Crippen LogP contribution in [0.2, 0.25) is 0 Å². The van der Waals surface area contributed by atoms with Gasteiger partial charge in [-0.3, -0.25) is 9.89 Å². The molecule has 0 aliphatic carbocycles. The molecule has 0 unspecified atom stereocenters. The molecule has 10 heteroatoms. The lowest BCUT2D eigenvalue weighted by Crippen LogP contribution is -2.40. The maximum absolute atomic E-state index is 14.0. The molecule has 2 aliphatic rings. The molecule has 0 spiro atoms. The van der Waals surface area contributed by atoms with Crippen molar-refractivity contribution in [1.29, 1.82) is 0 Å². The predicted octanol–water partition coefficient (Wildman–Crippen LogP) is 3.26. The van der Waals surface area contributed by atoms with Crippen molar-refractivity contribution in [2.24, 2.45) is 0 Å². The van der Waals surface area contributed by atoms with Crippen LogP contribution in [0.5, 0.6) is 5.75 Å². The first-order chi connectivity index (χ1) is 16.5. The van der Waals surface area contributed by atoms with Gasteiger partial charge in [-0.1, -0.05) is 6.58 Å². The molecule has 1 saturated heterocycles. The predicted molar refractivity (Wildman–Crippen MR) is 121 cm³/mol. The number of carbonyl (C=O) groups excluding carboxylic acids is 1. The molecular formula is C24H24F2N6O2. The Morgan fingerprint density at radius 1 is 1.18 bits per heavy atom. The number of H-pyrrole nitrogens is 1. The summed E-state index contributed by atoms with van der Waals surface area (Å²) in [6.07, 6.45) is 6.52. The molecule has 8 nitrogen and oxygen atoms in total. The number of anilines is 1. The second-order valence-corrected chi connectivity index (χ2v) is 8.37. The number of nitrogens with zero attached hydrogens (tertiary/aromatic N) is 5. The van der Waals surface area contributed by atoms with E-state index in [2.05, 4.69) is 21.7 Å². The Labute approximate surface area is 195 Å². The molecule has 0 radical (unpaired) electrons. The van der Waals surface area contributed by atoms with Gasteiger partial charge in [0.2, 0.25) is 5.91 Å². The first kappa shape index (κ1) is 22.0. The molecule has 0 bridgehead atoms. The van der Waals surface area contributed by atoms with E-state index >= 15 is 0 Å². The number of aromatic amines is 1. The zero-order valence-corrected chi connectivity index (χ0v) is 18.5. The molecule has 3 aromatic rings. The third kappa shape index (κ3) is 4.35. The van der Waals surface area contributed by atoms with Crippen LogP contribution >= 0.6 is 0 Å². The lowest BCUT2D eigenvalue weighted by Gasteiger charge is -2.35. The normalized spacial score (nSPS) is 16.3.